The summed E-state index contributed by atoms with van der Waals surface area (Å²) in [6.07, 6.45) is 3.97. The quantitative estimate of drug-likeness (QED) is 0.722. The molecule has 0 saturated heterocycles. The summed E-state index contributed by atoms with van der Waals surface area (Å²) in [6.45, 7) is 4.38. The third kappa shape index (κ3) is 3.74. The van der Waals surface area contributed by atoms with Crippen molar-refractivity contribution < 1.29 is 9.53 Å². The minimum absolute atomic E-state index is 0.0495. The molecule has 0 aliphatic carbocycles. The van der Waals surface area contributed by atoms with Gasteiger partial charge in [-0.15, -0.1) is 5.10 Å². The van der Waals surface area contributed by atoms with Crippen molar-refractivity contribution >= 4 is 11.7 Å². The normalized spacial score (nSPS) is 10.6. The van der Waals surface area contributed by atoms with Crippen LogP contribution in [-0.4, -0.2) is 32.6 Å². The molecule has 8 heteroatoms. The lowest BCUT2D eigenvalue weighted by Gasteiger charge is -2.13. The van der Waals surface area contributed by atoms with E-state index < -0.39 is 11.5 Å². The average Bonchev–Trinajstić information content (AvgIpc) is 3.09. The number of carbonyl (C=O) groups is 1. The van der Waals surface area contributed by atoms with Crippen LogP contribution in [-0.2, 0) is 6.54 Å². The second kappa shape index (κ2) is 7.86. The molecule has 1 aromatic carbocycles. The highest BCUT2D eigenvalue weighted by molar-refractivity contribution is 6.04. The SMILES string of the molecule is CCCn1ncc(NC(=O)c2c(C)ccn(-c3ccccc3OC)c2=O)n1. The van der Waals surface area contributed by atoms with E-state index in [1.807, 2.05) is 13.0 Å². The number of aryl methyl sites for hydroxylation is 2. The van der Waals surface area contributed by atoms with Gasteiger partial charge in [-0.1, -0.05) is 19.1 Å². The summed E-state index contributed by atoms with van der Waals surface area (Å²) in [5, 5.41) is 10.9. The molecule has 0 saturated carbocycles. The van der Waals surface area contributed by atoms with Gasteiger partial charge in [0.05, 0.1) is 25.5 Å². The fourth-order valence-corrected chi connectivity index (χ4v) is 2.76. The van der Waals surface area contributed by atoms with Crippen LogP contribution < -0.4 is 15.6 Å². The minimum atomic E-state index is -0.523. The third-order valence-electron chi connectivity index (χ3n) is 4.07. The topological polar surface area (TPSA) is 91.0 Å². The van der Waals surface area contributed by atoms with E-state index in [4.69, 9.17) is 4.74 Å². The van der Waals surface area contributed by atoms with Crippen molar-refractivity contribution in [2.75, 3.05) is 12.4 Å². The van der Waals surface area contributed by atoms with Crippen LogP contribution in [0, 0.1) is 6.92 Å². The minimum Gasteiger partial charge on any atom is -0.495 e. The Bertz CT molecular complexity index is 1020. The van der Waals surface area contributed by atoms with Crippen LogP contribution in [0.4, 0.5) is 5.82 Å². The molecule has 1 amide bonds. The molecule has 2 heterocycles. The van der Waals surface area contributed by atoms with E-state index in [0.29, 0.717) is 29.4 Å². The third-order valence-corrected chi connectivity index (χ3v) is 4.07. The lowest BCUT2D eigenvalue weighted by Crippen LogP contribution is -2.29. The molecule has 0 fully saturated rings. The zero-order chi connectivity index (χ0) is 19.4. The molecule has 2 aromatic heterocycles. The van der Waals surface area contributed by atoms with Gasteiger partial charge in [-0.2, -0.15) is 9.90 Å². The Labute approximate surface area is 156 Å². The first kappa shape index (κ1) is 18.4. The molecule has 3 rings (SSSR count). The van der Waals surface area contributed by atoms with Crippen molar-refractivity contribution in [3.8, 4) is 11.4 Å². The fraction of sp³-hybridized carbons (Fsp3) is 0.263. The zero-order valence-electron chi connectivity index (χ0n) is 15.5. The van der Waals surface area contributed by atoms with Gasteiger partial charge >= 0.3 is 0 Å². The van der Waals surface area contributed by atoms with Crippen LogP contribution in [0.25, 0.3) is 5.69 Å². The Morgan fingerprint density at radius 2 is 2.04 bits per heavy atom. The maximum atomic E-state index is 13.0. The molecule has 0 spiro atoms. The Morgan fingerprint density at radius 1 is 1.26 bits per heavy atom. The number of rotatable bonds is 6. The molecule has 0 aliphatic heterocycles. The molecule has 3 aromatic rings. The summed E-state index contributed by atoms with van der Waals surface area (Å²) >= 11 is 0. The van der Waals surface area contributed by atoms with Gasteiger partial charge < -0.3 is 10.1 Å². The summed E-state index contributed by atoms with van der Waals surface area (Å²) in [5.74, 6) is 0.322. The van der Waals surface area contributed by atoms with Crippen molar-refractivity contribution in [2.24, 2.45) is 0 Å². The number of benzene rings is 1. The molecule has 0 atom stereocenters. The smallest absolute Gasteiger partial charge is 0.268 e. The van der Waals surface area contributed by atoms with E-state index in [2.05, 4.69) is 15.5 Å². The number of methoxy groups -OCH3 is 1. The zero-order valence-corrected chi connectivity index (χ0v) is 15.5. The summed E-state index contributed by atoms with van der Waals surface area (Å²) in [6, 6.07) is 8.85. The van der Waals surface area contributed by atoms with Crippen LogP contribution >= 0.6 is 0 Å². The molecule has 0 radical (unpaired) electrons. The number of nitrogens with one attached hydrogen (secondary N) is 1. The molecule has 0 aliphatic rings. The first-order valence-electron chi connectivity index (χ1n) is 8.62. The predicted octanol–water partition coefficient (Wildman–Crippen LogP) is 2.41. The highest BCUT2D eigenvalue weighted by Gasteiger charge is 2.19. The fourth-order valence-electron chi connectivity index (χ4n) is 2.76. The van der Waals surface area contributed by atoms with Crippen molar-refractivity contribution in [2.45, 2.75) is 26.8 Å². The summed E-state index contributed by atoms with van der Waals surface area (Å²) in [5.41, 5.74) is 0.754. The van der Waals surface area contributed by atoms with Crippen molar-refractivity contribution in [3.63, 3.8) is 0 Å². The predicted molar refractivity (Wildman–Crippen MR) is 102 cm³/mol. The van der Waals surface area contributed by atoms with Crippen LogP contribution in [0.3, 0.4) is 0 Å². The Balaban J connectivity index is 1.97. The lowest BCUT2D eigenvalue weighted by molar-refractivity contribution is 0.102. The number of amides is 1. The number of ether oxygens (including phenoxy) is 1. The number of pyridine rings is 1. The second-order valence-electron chi connectivity index (χ2n) is 6.00. The van der Waals surface area contributed by atoms with E-state index in [-0.39, 0.29) is 5.56 Å². The van der Waals surface area contributed by atoms with E-state index in [0.717, 1.165) is 6.42 Å². The number of anilines is 1. The monoisotopic (exact) mass is 367 g/mol. The van der Waals surface area contributed by atoms with E-state index in [9.17, 15) is 9.59 Å². The summed E-state index contributed by atoms with van der Waals surface area (Å²) in [4.78, 5) is 27.2. The first-order chi connectivity index (χ1) is 13.0. The van der Waals surface area contributed by atoms with E-state index in [1.54, 1.807) is 37.4 Å². The van der Waals surface area contributed by atoms with Gasteiger partial charge in [0.25, 0.3) is 11.5 Å². The molecule has 140 valence electrons. The number of hydrogen-bond donors (Lipinski definition) is 1. The number of carbonyl (C=O) groups excluding carboxylic acids is 1. The molecule has 0 bridgehead atoms. The van der Waals surface area contributed by atoms with Crippen molar-refractivity contribution in [1.29, 1.82) is 0 Å². The number of para-hydroxylation sites is 2. The van der Waals surface area contributed by atoms with E-state index in [1.165, 1.54) is 22.7 Å². The highest BCUT2D eigenvalue weighted by atomic mass is 16.5. The van der Waals surface area contributed by atoms with Gasteiger partial charge in [0.1, 0.15) is 11.3 Å². The van der Waals surface area contributed by atoms with Crippen molar-refractivity contribution in [1.82, 2.24) is 19.6 Å². The van der Waals surface area contributed by atoms with Crippen LogP contribution in [0.5, 0.6) is 5.75 Å². The van der Waals surface area contributed by atoms with Gasteiger partial charge in [-0.3, -0.25) is 14.2 Å². The number of hydrogen-bond acceptors (Lipinski definition) is 5. The molecule has 27 heavy (non-hydrogen) atoms. The maximum absolute atomic E-state index is 13.0. The lowest BCUT2D eigenvalue weighted by atomic mass is 10.1. The number of aromatic nitrogens is 4. The highest BCUT2D eigenvalue weighted by Crippen LogP contribution is 2.21. The molecular formula is C19H21N5O3. The Hall–Kier alpha value is -3.42. The van der Waals surface area contributed by atoms with Gasteiger partial charge in [0.2, 0.25) is 0 Å². The Kier molecular flexibility index (Phi) is 5.35. The van der Waals surface area contributed by atoms with Gasteiger partial charge in [-0.05, 0) is 37.1 Å². The first-order valence-corrected chi connectivity index (χ1v) is 8.62. The standard InChI is InChI=1S/C19H21N5O3/c1-4-10-24-20-12-16(22-24)21-18(25)17-13(2)9-11-23(19(17)26)14-7-5-6-8-15(14)27-3/h5-9,11-12H,4,10H2,1-3H3,(H,21,22,25). The number of nitrogens with zero attached hydrogens (tertiary/aromatic N) is 4. The Morgan fingerprint density at radius 3 is 2.78 bits per heavy atom. The molecular weight excluding hydrogens is 346 g/mol. The van der Waals surface area contributed by atoms with E-state index >= 15 is 0 Å². The maximum Gasteiger partial charge on any atom is 0.268 e. The van der Waals surface area contributed by atoms with Crippen LogP contribution in [0.2, 0.25) is 0 Å². The average molecular weight is 367 g/mol. The molecule has 8 nitrogen and oxygen atoms in total. The summed E-state index contributed by atoms with van der Waals surface area (Å²) in [7, 11) is 1.53. The molecule has 1 N–H and O–H groups in total. The van der Waals surface area contributed by atoms with Crippen LogP contribution in [0.15, 0.2) is 47.5 Å². The largest absolute Gasteiger partial charge is 0.495 e. The van der Waals surface area contributed by atoms with Gasteiger partial charge in [-0.25, -0.2) is 0 Å². The van der Waals surface area contributed by atoms with Crippen LogP contribution in [0.1, 0.15) is 29.3 Å². The second-order valence-corrected chi connectivity index (χ2v) is 6.00. The van der Waals surface area contributed by atoms with Crippen molar-refractivity contribution in [3.05, 3.63) is 64.2 Å². The van der Waals surface area contributed by atoms with Gasteiger partial charge in [0.15, 0.2) is 5.82 Å². The molecule has 0 unspecified atom stereocenters. The summed E-state index contributed by atoms with van der Waals surface area (Å²) < 4.78 is 6.72. The van der Waals surface area contributed by atoms with Gasteiger partial charge in [0, 0.05) is 6.20 Å².